The van der Waals surface area contributed by atoms with E-state index in [1.807, 2.05) is 20.8 Å². The average molecular weight is 655 g/mol. The van der Waals surface area contributed by atoms with Gasteiger partial charge in [-0.1, -0.05) is 0 Å². The number of rotatable bonds is 7. The lowest BCUT2D eigenvalue weighted by Crippen LogP contribution is -2.54. The number of carboxylic acid groups (broad SMARTS) is 1. The first-order chi connectivity index (χ1) is 18.1. The van der Waals surface area contributed by atoms with E-state index in [0.717, 1.165) is 0 Å². The van der Waals surface area contributed by atoms with Gasteiger partial charge < -0.3 is 20.1 Å². The Kier molecular flexibility index (Phi) is 13.7. The molecule has 0 radical (unpaired) electrons. The second-order valence-corrected chi connectivity index (χ2v) is 16.7. The zero-order valence-corrected chi connectivity index (χ0v) is 27.5. The summed E-state index contributed by atoms with van der Waals surface area (Å²) in [6.07, 6.45) is 0.619. The second kappa shape index (κ2) is 14.9. The summed E-state index contributed by atoms with van der Waals surface area (Å²) in [7, 11) is -0.381. The van der Waals surface area contributed by atoms with Crippen LogP contribution < -0.4 is 5.32 Å². The van der Waals surface area contributed by atoms with E-state index >= 15 is 0 Å². The molecule has 0 aromatic carbocycles. The van der Waals surface area contributed by atoms with Crippen LogP contribution in [0.5, 0.6) is 0 Å². The summed E-state index contributed by atoms with van der Waals surface area (Å²) >= 11 is 5.59. The van der Waals surface area contributed by atoms with Gasteiger partial charge in [-0.15, -0.1) is 11.6 Å². The molecule has 2 amide bonds. The van der Waals surface area contributed by atoms with Gasteiger partial charge in [0.05, 0.1) is 0 Å². The highest BCUT2D eigenvalue weighted by Gasteiger charge is 2.37. The maximum Gasteiger partial charge on any atom is 0.407 e. The Morgan fingerprint density at radius 3 is 1.80 bits per heavy atom. The lowest BCUT2D eigenvalue weighted by molar-refractivity contribution is 0.0485. The third kappa shape index (κ3) is 12.0. The van der Waals surface area contributed by atoms with Crippen LogP contribution in [-0.4, -0.2) is 121 Å². The van der Waals surface area contributed by atoms with Gasteiger partial charge in [0.15, 0.2) is 0 Å². The third-order valence-electron chi connectivity index (χ3n) is 6.32. The molecule has 2 heterocycles. The van der Waals surface area contributed by atoms with Crippen LogP contribution in [0.1, 0.15) is 67.2 Å². The minimum atomic E-state index is -3.69. The minimum absolute atomic E-state index is 0.0698. The number of alkyl halides is 1. The Hall–Kier alpha value is -1.10. The van der Waals surface area contributed by atoms with Crippen LogP contribution in [0.4, 0.5) is 9.59 Å². The highest BCUT2D eigenvalue weighted by atomic mass is 35.7. The first kappa shape index (κ1) is 36.9. The molecule has 2 rings (SSSR count). The molecule has 0 atom stereocenters. The molecule has 40 heavy (non-hydrogen) atoms. The van der Waals surface area contributed by atoms with Gasteiger partial charge in [-0.05, 0) is 67.2 Å². The summed E-state index contributed by atoms with van der Waals surface area (Å²) in [5.41, 5.74) is -1.04. The van der Waals surface area contributed by atoms with E-state index in [0.29, 0.717) is 38.8 Å². The Balaban J connectivity index is 0.000000408. The van der Waals surface area contributed by atoms with Gasteiger partial charge in [-0.3, -0.25) is 0 Å². The van der Waals surface area contributed by atoms with Crippen molar-refractivity contribution >= 4 is 53.9 Å². The first-order valence-electron chi connectivity index (χ1n) is 13.1. The van der Waals surface area contributed by atoms with Crippen molar-refractivity contribution in [2.45, 2.75) is 90.4 Å². The number of nitrogens with zero attached hydrogens (tertiary/aromatic N) is 4. The molecule has 0 aliphatic carbocycles. The molecule has 2 aliphatic rings. The van der Waals surface area contributed by atoms with Crippen molar-refractivity contribution in [1.29, 1.82) is 0 Å². The molecule has 0 unspecified atom stereocenters. The zero-order chi connectivity index (χ0) is 31.1. The van der Waals surface area contributed by atoms with Crippen molar-refractivity contribution in [2.75, 3.05) is 45.7 Å². The van der Waals surface area contributed by atoms with E-state index in [-0.39, 0.29) is 37.6 Å². The number of alkyl carbamates (subject to hydrolysis) is 1. The number of nitrogens with one attached hydrogen (secondary N) is 1. The van der Waals surface area contributed by atoms with Gasteiger partial charge in [0.25, 0.3) is 19.4 Å². The topological polar surface area (TPSA) is 157 Å². The quantitative estimate of drug-likeness (QED) is 0.313. The smallest absolute Gasteiger partial charge is 0.407 e. The summed E-state index contributed by atoms with van der Waals surface area (Å²) in [6, 6.07) is -0.239. The SMILES string of the molecule is CC(C)(C)N(C(=O)O)C1CCN(S(=O)(=O)Cl)CC1.CN(CCCl)S(=O)(=O)N1CCC(NC(=O)OC(C)(C)C)CC1. The van der Waals surface area contributed by atoms with E-state index < -0.39 is 42.8 Å². The van der Waals surface area contributed by atoms with E-state index in [2.05, 4.69) is 5.32 Å². The predicted octanol–water partition coefficient (Wildman–Crippen LogP) is 3.10. The highest BCUT2D eigenvalue weighted by Crippen LogP contribution is 2.26. The van der Waals surface area contributed by atoms with Gasteiger partial charge in [-0.25, -0.2) is 9.59 Å². The van der Waals surface area contributed by atoms with Crippen LogP contribution in [0, 0.1) is 0 Å². The molecule has 2 N–H and O–H groups in total. The van der Waals surface area contributed by atoms with Crippen molar-refractivity contribution in [2.24, 2.45) is 0 Å². The van der Waals surface area contributed by atoms with E-state index in [4.69, 9.17) is 27.0 Å². The Morgan fingerprint density at radius 2 is 1.43 bits per heavy atom. The molecule has 2 fully saturated rings. The minimum Gasteiger partial charge on any atom is -0.465 e. The van der Waals surface area contributed by atoms with Gasteiger partial charge in [0, 0.05) is 74.0 Å². The molecule has 2 saturated heterocycles. The van der Waals surface area contributed by atoms with Gasteiger partial charge in [-0.2, -0.15) is 29.8 Å². The number of hydrogen-bond acceptors (Lipinski definition) is 7. The summed E-state index contributed by atoms with van der Waals surface area (Å²) < 4.78 is 55.9. The van der Waals surface area contributed by atoms with Crippen molar-refractivity contribution in [3.63, 3.8) is 0 Å². The summed E-state index contributed by atoms with van der Waals surface area (Å²) in [6.45, 7) is 12.4. The molecule has 236 valence electrons. The molecule has 0 saturated carbocycles. The maximum absolute atomic E-state index is 12.3. The summed E-state index contributed by atoms with van der Waals surface area (Å²) in [5.74, 6) is 0.256. The van der Waals surface area contributed by atoms with E-state index in [9.17, 15) is 31.5 Å². The fourth-order valence-corrected chi connectivity index (χ4v) is 7.25. The number of carbonyl (C=O) groups is 2. The Morgan fingerprint density at radius 1 is 0.950 bits per heavy atom. The molecule has 0 spiro atoms. The third-order valence-corrected chi connectivity index (χ3v) is 10.0. The molecule has 13 nitrogen and oxygen atoms in total. The molecule has 0 aromatic rings. The number of ether oxygens (including phenoxy) is 1. The van der Waals surface area contributed by atoms with E-state index in [1.54, 1.807) is 20.8 Å². The predicted molar refractivity (Wildman–Crippen MR) is 155 cm³/mol. The van der Waals surface area contributed by atoms with Crippen LogP contribution in [0.15, 0.2) is 0 Å². The maximum atomic E-state index is 12.3. The van der Waals surface area contributed by atoms with Crippen molar-refractivity contribution in [3.05, 3.63) is 0 Å². The molecular formula is C23H45Cl2N5O8S2. The Bertz CT molecular complexity index is 1050. The number of hydrogen-bond donors (Lipinski definition) is 2. The lowest BCUT2D eigenvalue weighted by Gasteiger charge is -2.42. The fraction of sp³-hybridized carbons (Fsp3) is 0.913. The summed E-state index contributed by atoms with van der Waals surface area (Å²) in [4.78, 5) is 24.4. The van der Waals surface area contributed by atoms with E-state index in [1.165, 1.54) is 24.9 Å². The first-order valence-corrected chi connectivity index (χ1v) is 17.3. The summed E-state index contributed by atoms with van der Waals surface area (Å²) in [5, 5.41) is 12.0. The van der Waals surface area contributed by atoms with Crippen LogP contribution in [-0.2, 0) is 24.2 Å². The van der Waals surface area contributed by atoms with Crippen LogP contribution in [0.25, 0.3) is 0 Å². The van der Waals surface area contributed by atoms with Gasteiger partial charge in [0.1, 0.15) is 5.60 Å². The zero-order valence-electron chi connectivity index (χ0n) is 24.4. The normalized spacial score (nSPS) is 19.1. The van der Waals surface area contributed by atoms with Crippen molar-refractivity contribution in [1.82, 2.24) is 23.1 Å². The second-order valence-electron chi connectivity index (χ2n) is 11.7. The largest absolute Gasteiger partial charge is 0.465 e. The van der Waals surface area contributed by atoms with Crippen LogP contribution in [0.2, 0.25) is 0 Å². The van der Waals surface area contributed by atoms with Crippen molar-refractivity contribution < 1.29 is 36.3 Å². The van der Waals surface area contributed by atoms with Crippen molar-refractivity contribution in [3.8, 4) is 0 Å². The van der Waals surface area contributed by atoms with Gasteiger partial charge >= 0.3 is 12.2 Å². The molecule has 2 aliphatic heterocycles. The molecular weight excluding hydrogens is 609 g/mol. The van der Waals surface area contributed by atoms with Crippen LogP contribution in [0.3, 0.4) is 0 Å². The van der Waals surface area contributed by atoms with Crippen LogP contribution >= 0.6 is 22.3 Å². The lowest BCUT2D eigenvalue weighted by atomic mass is 9.98. The number of halogens is 2. The Labute approximate surface area is 248 Å². The fourth-order valence-electron chi connectivity index (χ4n) is 4.45. The number of carbonyl (C=O) groups excluding carboxylic acids is 1. The molecule has 0 aromatic heterocycles. The molecule has 0 bridgehead atoms. The number of piperidine rings is 2. The number of amides is 2. The molecule has 17 heteroatoms. The van der Waals surface area contributed by atoms with Gasteiger partial charge in [0.2, 0.25) is 0 Å². The average Bonchev–Trinajstić information content (AvgIpc) is 2.77. The standard InChI is InChI=1S/C13H26ClN3O4S.C10H19ClN2O4S/c1-13(2,3)21-12(18)15-11-5-8-17(9-6-11)22(19,20)16(4)10-7-14;1-10(2,3)13(9(14)15)8-4-6-12(7-5-8)18(11,16)17/h11H,5-10H2,1-4H3,(H,15,18);8H,4-7H2,1-3H3,(H,14,15). The highest BCUT2D eigenvalue weighted by molar-refractivity contribution is 8.11. The monoisotopic (exact) mass is 653 g/mol.